The minimum Gasteiger partial charge on any atom is -0.339 e. The maximum Gasteiger partial charge on any atom is 0.249 e. The molecule has 5 nitrogen and oxygen atoms in total. The molecule has 0 aliphatic rings. The Balaban J connectivity index is 1.76. The van der Waals surface area contributed by atoms with Crippen molar-refractivity contribution in [1.29, 1.82) is 0 Å². The average molecular weight is 347 g/mol. The van der Waals surface area contributed by atoms with Crippen LogP contribution >= 0.6 is 0 Å². The van der Waals surface area contributed by atoms with Crippen LogP contribution in [-0.4, -0.2) is 15.2 Å². The molecule has 5 heteroatoms. The second-order valence-electron chi connectivity index (χ2n) is 6.93. The van der Waals surface area contributed by atoms with E-state index in [4.69, 9.17) is 0 Å². The molecule has 0 bridgehead atoms. The summed E-state index contributed by atoms with van der Waals surface area (Å²) >= 11 is 0. The van der Waals surface area contributed by atoms with Gasteiger partial charge in [-0.2, -0.15) is 10.1 Å². The van der Waals surface area contributed by atoms with Gasteiger partial charge in [0.2, 0.25) is 5.95 Å². The second kappa shape index (κ2) is 7.95. The van der Waals surface area contributed by atoms with Gasteiger partial charge in [-0.15, -0.1) is 5.10 Å². The molecule has 0 atom stereocenters. The molecule has 0 saturated heterocycles. The van der Waals surface area contributed by atoms with Gasteiger partial charge in [0.1, 0.15) is 0 Å². The zero-order chi connectivity index (χ0) is 18.5. The average Bonchev–Trinajstić information content (AvgIpc) is 2.63. The molecule has 0 fully saturated rings. The van der Waals surface area contributed by atoms with Crippen molar-refractivity contribution < 1.29 is 0 Å². The minimum atomic E-state index is 0.410. The number of para-hydroxylation sites is 1. The van der Waals surface area contributed by atoms with Gasteiger partial charge in [-0.3, -0.25) is 0 Å². The Morgan fingerprint density at radius 3 is 2.23 bits per heavy atom. The number of nitrogens with one attached hydrogen (secondary N) is 2. The number of hydrogen-bond donors (Lipinski definition) is 2. The van der Waals surface area contributed by atoms with Gasteiger partial charge in [-0.25, -0.2) is 0 Å². The van der Waals surface area contributed by atoms with Crippen LogP contribution in [0.3, 0.4) is 0 Å². The first kappa shape index (κ1) is 17.9. The van der Waals surface area contributed by atoms with Crippen molar-refractivity contribution in [3.05, 3.63) is 65.9 Å². The van der Waals surface area contributed by atoms with Crippen LogP contribution in [0.1, 0.15) is 50.7 Å². The van der Waals surface area contributed by atoms with E-state index < -0.39 is 0 Å². The van der Waals surface area contributed by atoms with E-state index in [1.807, 2.05) is 18.2 Å². The fourth-order valence-corrected chi connectivity index (χ4v) is 2.75. The minimum absolute atomic E-state index is 0.410. The molecular weight excluding hydrogens is 322 g/mol. The molecule has 134 valence electrons. The molecule has 0 aliphatic carbocycles. The molecule has 0 spiro atoms. The summed E-state index contributed by atoms with van der Waals surface area (Å²) in [4.78, 5) is 4.53. The van der Waals surface area contributed by atoms with Gasteiger partial charge in [0, 0.05) is 11.4 Å². The smallest absolute Gasteiger partial charge is 0.249 e. The lowest BCUT2D eigenvalue weighted by Crippen LogP contribution is -2.04. The van der Waals surface area contributed by atoms with Crippen molar-refractivity contribution in [2.45, 2.75) is 39.5 Å². The van der Waals surface area contributed by atoms with Gasteiger partial charge in [-0.05, 0) is 41.2 Å². The lowest BCUT2D eigenvalue weighted by molar-refractivity contribution is 0.867. The van der Waals surface area contributed by atoms with E-state index in [0.29, 0.717) is 23.6 Å². The topological polar surface area (TPSA) is 62.7 Å². The van der Waals surface area contributed by atoms with Crippen molar-refractivity contribution in [3.63, 3.8) is 0 Å². The molecule has 0 aliphatic heterocycles. The summed E-state index contributed by atoms with van der Waals surface area (Å²) in [6, 6.07) is 16.5. The number of anilines is 4. The Morgan fingerprint density at radius 1 is 0.808 bits per heavy atom. The Morgan fingerprint density at radius 2 is 1.54 bits per heavy atom. The van der Waals surface area contributed by atoms with E-state index in [9.17, 15) is 0 Å². The fraction of sp³-hybridized carbons (Fsp3) is 0.286. The standard InChI is InChI=1S/C21H25N5/c1-14(2)16-9-11-17(12-10-16)23-20-13-22-26-21(25-20)24-19-8-6-5-7-18(19)15(3)4/h5-15H,1-4H3,(H2,23,24,25,26). The van der Waals surface area contributed by atoms with Crippen molar-refractivity contribution in [2.75, 3.05) is 10.6 Å². The Bertz CT molecular complexity index is 856. The molecule has 2 N–H and O–H groups in total. The molecule has 2 aromatic carbocycles. The van der Waals surface area contributed by atoms with Crippen molar-refractivity contribution in [1.82, 2.24) is 15.2 Å². The fourth-order valence-electron chi connectivity index (χ4n) is 2.75. The van der Waals surface area contributed by atoms with Gasteiger partial charge in [0.25, 0.3) is 0 Å². The quantitative estimate of drug-likeness (QED) is 0.607. The highest BCUT2D eigenvalue weighted by atomic mass is 15.3. The van der Waals surface area contributed by atoms with Gasteiger partial charge in [-0.1, -0.05) is 58.0 Å². The lowest BCUT2D eigenvalue weighted by atomic mass is 10.0. The zero-order valence-electron chi connectivity index (χ0n) is 15.7. The van der Waals surface area contributed by atoms with Crippen LogP contribution in [0.5, 0.6) is 0 Å². The van der Waals surface area contributed by atoms with Gasteiger partial charge in [0.15, 0.2) is 5.82 Å². The monoisotopic (exact) mass is 347 g/mol. The first-order valence-electron chi connectivity index (χ1n) is 8.95. The van der Waals surface area contributed by atoms with Gasteiger partial charge >= 0.3 is 0 Å². The Kier molecular flexibility index (Phi) is 5.46. The van der Waals surface area contributed by atoms with Crippen molar-refractivity contribution in [3.8, 4) is 0 Å². The molecule has 3 aromatic rings. The largest absolute Gasteiger partial charge is 0.339 e. The maximum absolute atomic E-state index is 4.53. The van der Waals surface area contributed by atoms with Crippen LogP contribution in [0.2, 0.25) is 0 Å². The van der Waals surface area contributed by atoms with E-state index in [1.54, 1.807) is 6.20 Å². The molecule has 26 heavy (non-hydrogen) atoms. The lowest BCUT2D eigenvalue weighted by Gasteiger charge is -2.13. The molecular formula is C21H25N5. The van der Waals surface area contributed by atoms with Crippen LogP contribution in [0.4, 0.5) is 23.1 Å². The molecule has 0 amide bonds. The number of hydrogen-bond acceptors (Lipinski definition) is 5. The Labute approximate surface area is 154 Å². The number of nitrogens with zero attached hydrogens (tertiary/aromatic N) is 3. The van der Waals surface area contributed by atoms with E-state index >= 15 is 0 Å². The van der Waals surface area contributed by atoms with Crippen LogP contribution in [0.15, 0.2) is 54.7 Å². The Hall–Kier alpha value is -2.95. The summed E-state index contributed by atoms with van der Waals surface area (Å²) < 4.78 is 0. The summed E-state index contributed by atoms with van der Waals surface area (Å²) in [6.07, 6.45) is 1.62. The van der Waals surface area contributed by atoms with Crippen LogP contribution in [-0.2, 0) is 0 Å². The number of aromatic nitrogens is 3. The van der Waals surface area contributed by atoms with E-state index in [-0.39, 0.29) is 0 Å². The number of rotatable bonds is 6. The zero-order valence-corrected chi connectivity index (χ0v) is 15.7. The van der Waals surface area contributed by atoms with Gasteiger partial charge in [0.05, 0.1) is 6.20 Å². The molecule has 3 rings (SSSR count). The first-order valence-corrected chi connectivity index (χ1v) is 8.95. The van der Waals surface area contributed by atoms with Crippen molar-refractivity contribution >= 4 is 23.1 Å². The third kappa shape index (κ3) is 4.36. The molecule has 0 radical (unpaired) electrons. The summed E-state index contributed by atoms with van der Waals surface area (Å²) in [5.41, 5.74) is 4.51. The van der Waals surface area contributed by atoms with Crippen molar-refractivity contribution in [2.24, 2.45) is 0 Å². The van der Waals surface area contributed by atoms with Gasteiger partial charge < -0.3 is 10.6 Å². The van der Waals surface area contributed by atoms with Crippen LogP contribution in [0.25, 0.3) is 0 Å². The summed E-state index contributed by atoms with van der Waals surface area (Å²) in [5.74, 6) is 2.05. The van der Waals surface area contributed by atoms with E-state index in [2.05, 4.69) is 83.8 Å². The van der Waals surface area contributed by atoms with Crippen LogP contribution in [0, 0.1) is 0 Å². The van der Waals surface area contributed by atoms with E-state index in [0.717, 1.165) is 11.4 Å². The highest BCUT2D eigenvalue weighted by Crippen LogP contribution is 2.26. The second-order valence-corrected chi connectivity index (χ2v) is 6.93. The summed E-state index contributed by atoms with van der Waals surface area (Å²) in [5, 5.41) is 14.7. The number of benzene rings is 2. The van der Waals surface area contributed by atoms with E-state index in [1.165, 1.54) is 11.1 Å². The maximum atomic E-state index is 4.53. The molecule has 0 saturated carbocycles. The molecule has 0 unspecified atom stereocenters. The SMILES string of the molecule is CC(C)c1ccc(Nc2cnnc(Nc3ccccc3C(C)C)n2)cc1. The first-order chi connectivity index (χ1) is 12.5. The summed E-state index contributed by atoms with van der Waals surface area (Å²) in [6.45, 7) is 8.70. The highest BCUT2D eigenvalue weighted by Gasteiger charge is 2.08. The van der Waals surface area contributed by atoms with Crippen LogP contribution < -0.4 is 10.6 Å². The predicted molar refractivity (Wildman–Crippen MR) is 107 cm³/mol. The molecule has 1 aromatic heterocycles. The molecule has 1 heterocycles. The third-order valence-electron chi connectivity index (χ3n) is 4.24. The third-order valence-corrected chi connectivity index (χ3v) is 4.24. The summed E-state index contributed by atoms with van der Waals surface area (Å²) in [7, 11) is 0. The normalized spacial score (nSPS) is 11.0. The highest BCUT2D eigenvalue weighted by molar-refractivity contribution is 5.61. The predicted octanol–water partition coefficient (Wildman–Crippen LogP) is 5.61.